The van der Waals surface area contributed by atoms with Crippen molar-refractivity contribution in [3.63, 3.8) is 0 Å². The van der Waals surface area contributed by atoms with Crippen LogP contribution in [0, 0.1) is 0 Å². The van der Waals surface area contributed by atoms with Gasteiger partial charge in [-0.25, -0.2) is 4.79 Å². The van der Waals surface area contributed by atoms with Gasteiger partial charge < -0.3 is 10.1 Å². The summed E-state index contributed by atoms with van der Waals surface area (Å²) >= 11 is 13.5. The summed E-state index contributed by atoms with van der Waals surface area (Å²) in [6.07, 6.45) is 3.61. The van der Waals surface area contributed by atoms with E-state index >= 15 is 0 Å². The average molecular weight is 412 g/mol. The number of fused-ring (bicyclic) bond motifs is 1. The highest BCUT2D eigenvalue weighted by molar-refractivity contribution is 7.17. The number of hydrogen-bond donors (Lipinski definition) is 1. The van der Waals surface area contributed by atoms with E-state index in [4.69, 9.17) is 27.9 Å². The molecule has 1 aromatic carbocycles. The molecule has 2 aromatic rings. The molecule has 4 nitrogen and oxygen atoms in total. The molecule has 1 amide bonds. The van der Waals surface area contributed by atoms with E-state index in [2.05, 4.69) is 5.32 Å². The van der Waals surface area contributed by atoms with Gasteiger partial charge >= 0.3 is 5.97 Å². The van der Waals surface area contributed by atoms with Crippen molar-refractivity contribution < 1.29 is 14.3 Å². The molecule has 0 saturated carbocycles. The van der Waals surface area contributed by atoms with E-state index in [1.54, 1.807) is 26.0 Å². The van der Waals surface area contributed by atoms with Gasteiger partial charge in [0.2, 0.25) is 0 Å². The van der Waals surface area contributed by atoms with Crippen molar-refractivity contribution in [1.82, 2.24) is 0 Å². The Hall–Kier alpha value is -1.56. The molecule has 0 bridgehead atoms. The minimum absolute atomic E-state index is 0.229. The summed E-state index contributed by atoms with van der Waals surface area (Å²) in [7, 11) is 0. The van der Waals surface area contributed by atoms with Gasteiger partial charge in [-0.2, -0.15) is 0 Å². The Labute approximate surface area is 166 Å². The van der Waals surface area contributed by atoms with Gasteiger partial charge in [-0.05, 0) is 63.3 Å². The molecule has 1 heterocycles. The van der Waals surface area contributed by atoms with Crippen molar-refractivity contribution in [3.05, 3.63) is 49.8 Å². The molecule has 1 aliphatic carbocycles. The maximum Gasteiger partial charge on any atom is 0.341 e. The Morgan fingerprint density at radius 1 is 1.19 bits per heavy atom. The summed E-state index contributed by atoms with van der Waals surface area (Å²) in [5.74, 6) is -0.790. The molecule has 0 radical (unpaired) electrons. The van der Waals surface area contributed by atoms with Crippen LogP contribution in [-0.2, 0) is 17.6 Å². The van der Waals surface area contributed by atoms with Crippen molar-refractivity contribution in [2.75, 3.05) is 5.32 Å². The molecule has 1 aromatic heterocycles. The molecule has 0 atom stereocenters. The Bertz CT molecular complexity index is 861. The van der Waals surface area contributed by atoms with Gasteiger partial charge in [0.25, 0.3) is 5.91 Å². The minimum atomic E-state index is -0.396. The number of rotatable bonds is 4. The SMILES string of the molecule is CC(C)OC(=O)c1c(NC(=O)c2cc(Cl)ccc2Cl)sc2c1CCCC2. The fourth-order valence-electron chi connectivity index (χ4n) is 2.98. The van der Waals surface area contributed by atoms with Gasteiger partial charge in [0.15, 0.2) is 0 Å². The number of aryl methyl sites for hydroxylation is 1. The lowest BCUT2D eigenvalue weighted by Gasteiger charge is -2.14. The second-order valence-electron chi connectivity index (χ2n) is 6.45. The second-order valence-corrected chi connectivity index (χ2v) is 8.40. The second kappa shape index (κ2) is 7.99. The van der Waals surface area contributed by atoms with Gasteiger partial charge in [-0.1, -0.05) is 23.2 Å². The van der Waals surface area contributed by atoms with Crippen LogP contribution in [0.1, 0.15) is 57.8 Å². The monoisotopic (exact) mass is 411 g/mol. The topological polar surface area (TPSA) is 55.4 Å². The van der Waals surface area contributed by atoms with E-state index in [0.717, 1.165) is 36.1 Å². The molecule has 7 heteroatoms. The number of anilines is 1. The molecule has 3 rings (SSSR count). The first-order valence-electron chi connectivity index (χ1n) is 8.48. The molecule has 0 saturated heterocycles. The third kappa shape index (κ3) is 4.05. The van der Waals surface area contributed by atoms with Crippen LogP contribution in [0.3, 0.4) is 0 Å². The number of halogens is 2. The van der Waals surface area contributed by atoms with Crippen molar-refractivity contribution in [2.24, 2.45) is 0 Å². The average Bonchev–Trinajstić information content (AvgIpc) is 2.94. The first kappa shape index (κ1) is 19.2. The Morgan fingerprint density at radius 2 is 1.92 bits per heavy atom. The van der Waals surface area contributed by atoms with Crippen LogP contribution >= 0.6 is 34.5 Å². The molecule has 0 unspecified atom stereocenters. The van der Waals surface area contributed by atoms with Crippen molar-refractivity contribution >= 4 is 51.4 Å². The number of carbonyl (C=O) groups excluding carboxylic acids is 2. The zero-order valence-electron chi connectivity index (χ0n) is 14.5. The molecule has 1 aliphatic rings. The molecule has 0 aliphatic heterocycles. The summed E-state index contributed by atoms with van der Waals surface area (Å²) in [5, 5.41) is 4.09. The normalized spacial score (nSPS) is 13.4. The van der Waals surface area contributed by atoms with E-state index < -0.39 is 11.9 Å². The van der Waals surface area contributed by atoms with Gasteiger partial charge in [0.05, 0.1) is 22.3 Å². The standard InChI is InChI=1S/C19H19Cl2NO3S/c1-10(2)25-19(24)16-12-5-3-4-6-15(12)26-18(16)22-17(23)13-9-11(20)7-8-14(13)21/h7-10H,3-6H2,1-2H3,(H,22,23). The van der Waals surface area contributed by atoms with Crippen molar-refractivity contribution in [2.45, 2.75) is 45.6 Å². The summed E-state index contributed by atoms with van der Waals surface area (Å²) in [6.45, 7) is 3.61. The molecule has 1 N–H and O–H groups in total. The van der Waals surface area contributed by atoms with Gasteiger partial charge in [0.1, 0.15) is 5.00 Å². The maximum atomic E-state index is 12.7. The Morgan fingerprint density at radius 3 is 2.65 bits per heavy atom. The molecule has 0 fully saturated rings. The van der Waals surface area contributed by atoms with Crippen LogP contribution in [0.5, 0.6) is 0 Å². The van der Waals surface area contributed by atoms with Gasteiger partial charge in [-0.3, -0.25) is 4.79 Å². The number of carbonyl (C=O) groups is 2. The zero-order valence-corrected chi connectivity index (χ0v) is 16.9. The summed E-state index contributed by atoms with van der Waals surface area (Å²) < 4.78 is 5.40. The van der Waals surface area contributed by atoms with Gasteiger partial charge in [0, 0.05) is 9.90 Å². The largest absolute Gasteiger partial charge is 0.459 e. The molecular formula is C19H19Cl2NO3S. The number of thiophene rings is 1. The van der Waals surface area contributed by atoms with E-state index in [0.29, 0.717) is 20.6 Å². The van der Waals surface area contributed by atoms with Crippen molar-refractivity contribution in [3.8, 4) is 0 Å². The van der Waals surface area contributed by atoms with Crippen molar-refractivity contribution in [1.29, 1.82) is 0 Å². The van der Waals surface area contributed by atoms with E-state index in [1.165, 1.54) is 17.4 Å². The number of benzene rings is 1. The predicted molar refractivity (Wildman–Crippen MR) is 106 cm³/mol. The number of nitrogens with one attached hydrogen (secondary N) is 1. The number of esters is 1. The number of amides is 1. The Balaban J connectivity index is 1.96. The van der Waals surface area contributed by atoms with Crippen LogP contribution in [0.25, 0.3) is 0 Å². The molecule has 26 heavy (non-hydrogen) atoms. The zero-order chi connectivity index (χ0) is 18.8. The quantitative estimate of drug-likeness (QED) is 0.651. The third-order valence-corrected chi connectivity index (χ3v) is 5.89. The highest BCUT2D eigenvalue weighted by Crippen LogP contribution is 2.39. The van der Waals surface area contributed by atoms with Crippen LogP contribution in [0.4, 0.5) is 5.00 Å². The first-order valence-corrected chi connectivity index (χ1v) is 10.1. The fraction of sp³-hybridized carbons (Fsp3) is 0.368. The number of hydrogen-bond acceptors (Lipinski definition) is 4. The molecule has 0 spiro atoms. The molecular weight excluding hydrogens is 393 g/mol. The summed E-state index contributed by atoms with van der Waals surface area (Å²) in [4.78, 5) is 26.5. The first-order chi connectivity index (χ1) is 12.4. The highest BCUT2D eigenvalue weighted by Gasteiger charge is 2.28. The lowest BCUT2D eigenvalue weighted by Crippen LogP contribution is -2.18. The van der Waals surface area contributed by atoms with Crippen LogP contribution in [0.2, 0.25) is 10.0 Å². The smallest absolute Gasteiger partial charge is 0.341 e. The fourth-order valence-corrected chi connectivity index (χ4v) is 4.63. The summed E-state index contributed by atoms with van der Waals surface area (Å²) in [6, 6.07) is 4.71. The lowest BCUT2D eigenvalue weighted by atomic mass is 9.95. The number of ether oxygens (including phenoxy) is 1. The van der Waals surface area contributed by atoms with E-state index in [9.17, 15) is 9.59 Å². The van der Waals surface area contributed by atoms with Gasteiger partial charge in [-0.15, -0.1) is 11.3 Å². The van der Waals surface area contributed by atoms with Crippen LogP contribution in [-0.4, -0.2) is 18.0 Å². The Kier molecular flexibility index (Phi) is 5.90. The maximum absolute atomic E-state index is 12.7. The summed E-state index contributed by atoms with van der Waals surface area (Å²) in [5.41, 5.74) is 1.75. The highest BCUT2D eigenvalue weighted by atomic mass is 35.5. The van der Waals surface area contributed by atoms with Crippen LogP contribution in [0.15, 0.2) is 18.2 Å². The van der Waals surface area contributed by atoms with E-state index in [-0.39, 0.29) is 11.7 Å². The van der Waals surface area contributed by atoms with E-state index in [1.807, 2.05) is 0 Å². The predicted octanol–water partition coefficient (Wildman–Crippen LogP) is 5.75. The van der Waals surface area contributed by atoms with Crippen LogP contribution < -0.4 is 5.32 Å². The minimum Gasteiger partial charge on any atom is -0.459 e. The molecule has 138 valence electrons. The lowest BCUT2D eigenvalue weighted by molar-refractivity contribution is 0.0378. The third-order valence-electron chi connectivity index (χ3n) is 4.12.